The Morgan fingerprint density at radius 2 is 1.74 bits per heavy atom. The second-order valence-corrected chi connectivity index (χ2v) is 13.7. The molecule has 2 amide bonds. The number of benzene rings is 2. The summed E-state index contributed by atoms with van der Waals surface area (Å²) in [6, 6.07) is 17.2. The average Bonchev–Trinajstić information content (AvgIpc) is 3.48. The van der Waals surface area contributed by atoms with Crippen LogP contribution in [0.25, 0.3) is 0 Å². The molecule has 2 fully saturated rings. The van der Waals surface area contributed by atoms with Gasteiger partial charge in [0.05, 0.1) is 16.9 Å². The Kier molecular flexibility index (Phi) is 12.0. The molecular weight excluding hydrogens is 567 g/mol. The van der Waals surface area contributed by atoms with E-state index in [2.05, 4.69) is 10.6 Å². The Bertz CT molecular complexity index is 1160. The maximum Gasteiger partial charge on any atom is 0.411 e. The van der Waals surface area contributed by atoms with Crippen LogP contribution in [0.15, 0.2) is 54.6 Å². The first kappa shape index (κ1) is 32.1. The Labute approximate surface area is 260 Å². The molecule has 2 aliphatic rings. The van der Waals surface area contributed by atoms with Gasteiger partial charge < -0.3 is 20.1 Å². The number of thioether (sulfide) groups is 1. The highest BCUT2D eigenvalue weighted by Gasteiger charge is 2.38. The smallest absolute Gasteiger partial charge is 0.411 e. The van der Waals surface area contributed by atoms with Gasteiger partial charge >= 0.3 is 6.09 Å². The van der Waals surface area contributed by atoms with Crippen molar-refractivity contribution in [2.24, 2.45) is 5.92 Å². The minimum absolute atomic E-state index is 0.177. The van der Waals surface area contributed by atoms with Crippen LogP contribution in [0.1, 0.15) is 76.8 Å². The third-order valence-electron chi connectivity index (χ3n) is 7.67. The maximum absolute atomic E-state index is 13.5. The number of hydrogen-bond donors (Lipinski definition) is 2. The molecule has 9 heteroatoms. The summed E-state index contributed by atoms with van der Waals surface area (Å²) < 4.78 is 11.5. The summed E-state index contributed by atoms with van der Waals surface area (Å²) in [5.41, 5.74) is 1.58. The van der Waals surface area contributed by atoms with Crippen LogP contribution in [0.4, 0.5) is 4.79 Å². The molecule has 0 radical (unpaired) electrons. The van der Waals surface area contributed by atoms with Crippen LogP contribution in [0, 0.1) is 5.92 Å². The molecule has 1 saturated heterocycles. The van der Waals surface area contributed by atoms with E-state index in [-0.39, 0.29) is 11.9 Å². The normalized spacial score (nSPS) is 18.3. The SMILES string of the molecule is CC(C)(C)OC(=O)N1CSC[C@H]1C(=O)N[C@H](CCC1CCCCC1)C(=S)NCc1ccc(OCc2ccccc2)cc1. The van der Waals surface area contributed by atoms with Crippen LogP contribution < -0.4 is 15.4 Å². The van der Waals surface area contributed by atoms with Crippen LogP contribution in [0.3, 0.4) is 0 Å². The maximum atomic E-state index is 13.5. The monoisotopic (exact) mass is 611 g/mol. The van der Waals surface area contributed by atoms with Crippen LogP contribution >= 0.6 is 24.0 Å². The van der Waals surface area contributed by atoms with E-state index in [1.54, 1.807) is 11.8 Å². The summed E-state index contributed by atoms with van der Waals surface area (Å²) in [5.74, 6) is 2.28. The minimum Gasteiger partial charge on any atom is -0.489 e. The number of thiocarbonyl (C=S) groups is 1. The molecule has 0 unspecified atom stereocenters. The van der Waals surface area contributed by atoms with E-state index < -0.39 is 17.7 Å². The molecule has 1 saturated carbocycles. The number of nitrogens with zero attached hydrogens (tertiary/aromatic N) is 1. The fraction of sp³-hybridized carbons (Fsp3) is 0.545. The summed E-state index contributed by atoms with van der Waals surface area (Å²) in [7, 11) is 0. The van der Waals surface area contributed by atoms with Gasteiger partial charge in [-0.3, -0.25) is 9.69 Å². The van der Waals surface area contributed by atoms with E-state index >= 15 is 0 Å². The number of amides is 2. The number of carbonyl (C=O) groups excluding carboxylic acids is 2. The zero-order valence-corrected chi connectivity index (χ0v) is 26.7. The zero-order chi connectivity index (χ0) is 30.0. The molecule has 2 aromatic carbocycles. The van der Waals surface area contributed by atoms with Crippen LogP contribution in [-0.4, -0.2) is 51.2 Å². The number of hydrogen-bond acceptors (Lipinski definition) is 6. The highest BCUT2D eigenvalue weighted by atomic mass is 32.2. The summed E-state index contributed by atoms with van der Waals surface area (Å²) in [6.07, 6.45) is 7.70. The number of rotatable bonds is 11. The van der Waals surface area contributed by atoms with Crippen molar-refractivity contribution in [2.45, 2.75) is 96.6 Å². The lowest BCUT2D eigenvalue weighted by Crippen LogP contribution is -2.54. The Hall–Kier alpha value is -2.78. The molecule has 2 aromatic rings. The third-order valence-corrected chi connectivity index (χ3v) is 9.11. The number of ether oxygens (including phenoxy) is 2. The highest BCUT2D eigenvalue weighted by molar-refractivity contribution is 7.99. The van der Waals surface area contributed by atoms with Gasteiger partial charge in [-0.05, 0) is 62.8 Å². The van der Waals surface area contributed by atoms with Crippen molar-refractivity contribution in [2.75, 3.05) is 11.6 Å². The highest BCUT2D eigenvalue weighted by Crippen LogP contribution is 2.28. The van der Waals surface area contributed by atoms with E-state index in [0.717, 1.165) is 29.7 Å². The summed E-state index contributed by atoms with van der Waals surface area (Å²) in [6.45, 7) is 6.58. The van der Waals surface area contributed by atoms with Crippen molar-refractivity contribution in [3.63, 3.8) is 0 Å². The third kappa shape index (κ3) is 10.2. The standard InChI is InChI=1S/C33H45N3O4S2/c1-33(2,3)40-32(38)36-23-42-22-29(36)30(37)35-28(19-16-24-10-6-4-7-11-24)31(41)34-20-25-14-17-27(18-15-25)39-21-26-12-8-5-9-13-26/h5,8-9,12-15,17-18,24,28-29H,4,6-7,10-11,16,19-23H2,1-3H3,(H,34,41)(H,35,37)/t28-,29+/m1/s1. The van der Waals surface area contributed by atoms with E-state index in [4.69, 9.17) is 21.7 Å². The topological polar surface area (TPSA) is 79.9 Å². The molecule has 2 atom stereocenters. The Morgan fingerprint density at radius 3 is 2.43 bits per heavy atom. The van der Waals surface area contributed by atoms with Gasteiger partial charge in [0.25, 0.3) is 0 Å². The van der Waals surface area contributed by atoms with Gasteiger partial charge in [0.2, 0.25) is 5.91 Å². The predicted molar refractivity (Wildman–Crippen MR) is 174 cm³/mol. The predicted octanol–water partition coefficient (Wildman–Crippen LogP) is 6.84. The van der Waals surface area contributed by atoms with Crippen molar-refractivity contribution in [3.05, 3.63) is 65.7 Å². The van der Waals surface area contributed by atoms with Crippen LogP contribution in [-0.2, 0) is 22.7 Å². The lowest BCUT2D eigenvalue weighted by Gasteiger charge is -2.30. The van der Waals surface area contributed by atoms with E-state index in [1.807, 2.05) is 75.4 Å². The van der Waals surface area contributed by atoms with Gasteiger partial charge in [-0.2, -0.15) is 0 Å². The fourth-order valence-electron chi connectivity index (χ4n) is 5.33. The van der Waals surface area contributed by atoms with Gasteiger partial charge in [-0.15, -0.1) is 11.8 Å². The first-order valence-electron chi connectivity index (χ1n) is 15.1. The molecule has 1 aliphatic carbocycles. The molecule has 1 heterocycles. The quantitative estimate of drug-likeness (QED) is 0.270. The van der Waals surface area contributed by atoms with E-state index in [1.165, 1.54) is 37.0 Å². The van der Waals surface area contributed by atoms with Crippen LogP contribution in [0.5, 0.6) is 5.75 Å². The molecule has 1 aliphatic heterocycles. The van der Waals surface area contributed by atoms with Gasteiger partial charge in [-0.25, -0.2) is 4.79 Å². The molecule has 228 valence electrons. The Balaban J connectivity index is 1.34. The van der Waals surface area contributed by atoms with E-state index in [9.17, 15) is 9.59 Å². The zero-order valence-electron chi connectivity index (χ0n) is 25.1. The first-order valence-corrected chi connectivity index (χ1v) is 16.7. The van der Waals surface area contributed by atoms with Gasteiger partial charge in [0, 0.05) is 12.3 Å². The lowest BCUT2D eigenvalue weighted by molar-refractivity contribution is -0.125. The molecular formula is C33H45N3O4S2. The van der Waals surface area contributed by atoms with Crippen molar-refractivity contribution in [1.82, 2.24) is 15.5 Å². The molecule has 42 heavy (non-hydrogen) atoms. The van der Waals surface area contributed by atoms with Crippen molar-refractivity contribution in [1.29, 1.82) is 0 Å². The van der Waals surface area contributed by atoms with Gasteiger partial charge in [-0.1, -0.05) is 86.8 Å². The summed E-state index contributed by atoms with van der Waals surface area (Å²) in [4.78, 5) is 28.4. The second-order valence-electron chi connectivity index (χ2n) is 12.2. The first-order chi connectivity index (χ1) is 20.2. The van der Waals surface area contributed by atoms with Gasteiger partial charge in [0.15, 0.2) is 0 Å². The van der Waals surface area contributed by atoms with Crippen LogP contribution in [0.2, 0.25) is 0 Å². The largest absolute Gasteiger partial charge is 0.489 e. The molecule has 0 spiro atoms. The second kappa shape index (κ2) is 15.6. The summed E-state index contributed by atoms with van der Waals surface area (Å²) in [5, 5.41) is 6.59. The molecule has 7 nitrogen and oxygen atoms in total. The summed E-state index contributed by atoms with van der Waals surface area (Å²) >= 11 is 7.41. The van der Waals surface area contributed by atoms with Crippen molar-refractivity contribution in [3.8, 4) is 5.75 Å². The molecule has 0 aromatic heterocycles. The molecule has 4 rings (SSSR count). The minimum atomic E-state index is -0.619. The Morgan fingerprint density at radius 1 is 1.02 bits per heavy atom. The molecule has 2 N–H and O–H groups in total. The fourth-order valence-corrected chi connectivity index (χ4v) is 6.72. The van der Waals surface area contributed by atoms with Crippen molar-refractivity contribution < 1.29 is 19.1 Å². The van der Waals surface area contributed by atoms with Crippen molar-refractivity contribution >= 4 is 41.0 Å². The molecule has 0 bridgehead atoms. The number of carbonyl (C=O) groups is 2. The number of nitrogens with one attached hydrogen (secondary N) is 2. The lowest BCUT2D eigenvalue weighted by atomic mass is 9.85. The van der Waals surface area contributed by atoms with E-state index in [0.29, 0.717) is 35.7 Å². The average molecular weight is 612 g/mol. The van der Waals surface area contributed by atoms with Gasteiger partial charge in [0.1, 0.15) is 24.0 Å².